The summed E-state index contributed by atoms with van der Waals surface area (Å²) in [6.45, 7) is 10.4. The van der Waals surface area contributed by atoms with Crippen LogP contribution in [0.3, 0.4) is 0 Å². The Morgan fingerprint density at radius 3 is 2.00 bits per heavy atom. The van der Waals surface area contributed by atoms with Crippen LogP contribution in [0.1, 0.15) is 26.7 Å². The first-order valence-electron chi connectivity index (χ1n) is 4.29. The van der Waals surface area contributed by atoms with Crippen LogP contribution in [0.15, 0.2) is 11.1 Å². The van der Waals surface area contributed by atoms with Crippen LogP contribution in [0.25, 0.3) is 0 Å². The number of likely N-dealkylation sites (tertiary alicyclic amines) is 1. The average molecular weight is 166 g/mol. The number of hydrogen-bond acceptors (Lipinski definition) is 2. The summed E-state index contributed by atoms with van der Waals surface area (Å²) >= 11 is 0. The summed E-state index contributed by atoms with van der Waals surface area (Å²) in [6.07, 6.45) is 2.58. The molecule has 0 bridgehead atoms. The number of allylic oxidation sites excluding steroid dienone is 1. The number of piperidine rings is 1. The molecule has 0 aromatic heterocycles. The van der Waals surface area contributed by atoms with Crippen LogP contribution in [-0.2, 0) is 0 Å². The van der Waals surface area contributed by atoms with E-state index >= 15 is 0 Å². The Bertz CT molecular complexity index is 166. The Labute approximate surface area is 75.5 Å². The summed E-state index contributed by atoms with van der Waals surface area (Å²) in [7, 11) is 2.20. The van der Waals surface area contributed by atoms with Crippen LogP contribution in [0.5, 0.6) is 0 Å². The van der Waals surface area contributed by atoms with Crippen LogP contribution >= 0.6 is 0 Å². The van der Waals surface area contributed by atoms with Crippen LogP contribution in [0, 0.1) is 11.8 Å². The lowest BCUT2D eigenvalue weighted by atomic mass is 10.0. The molecule has 0 spiro atoms. The average Bonchev–Trinajstić information content (AvgIpc) is 2.09. The third kappa shape index (κ3) is 3.54. The van der Waals surface area contributed by atoms with E-state index in [2.05, 4.69) is 32.4 Å². The van der Waals surface area contributed by atoms with Crippen molar-refractivity contribution in [3.63, 3.8) is 0 Å². The smallest absolute Gasteiger partial charge is 0.0462 e. The molecule has 0 saturated carbocycles. The van der Waals surface area contributed by atoms with Gasteiger partial charge in [-0.3, -0.25) is 0 Å². The third-order valence-electron chi connectivity index (χ3n) is 2.30. The zero-order chi connectivity index (χ0) is 9.56. The molecule has 0 radical (unpaired) electrons. The van der Waals surface area contributed by atoms with E-state index in [9.17, 15) is 0 Å². The van der Waals surface area contributed by atoms with Gasteiger partial charge >= 0.3 is 0 Å². The molecule has 2 heteroatoms. The van der Waals surface area contributed by atoms with Crippen molar-refractivity contribution in [1.29, 1.82) is 5.26 Å². The SMILES string of the molecule is C#N.CC(C)=C1CCN(C)CC1. The van der Waals surface area contributed by atoms with Gasteiger partial charge in [0.2, 0.25) is 0 Å². The van der Waals surface area contributed by atoms with E-state index in [1.807, 2.05) is 0 Å². The van der Waals surface area contributed by atoms with Crippen molar-refractivity contribution in [2.24, 2.45) is 0 Å². The molecule has 0 unspecified atom stereocenters. The van der Waals surface area contributed by atoms with Gasteiger partial charge in [0.1, 0.15) is 0 Å². The van der Waals surface area contributed by atoms with Crippen molar-refractivity contribution in [3.05, 3.63) is 11.1 Å². The van der Waals surface area contributed by atoms with Crippen LogP contribution in [0.4, 0.5) is 0 Å². The summed E-state index contributed by atoms with van der Waals surface area (Å²) < 4.78 is 0. The topological polar surface area (TPSA) is 27.0 Å². The fourth-order valence-electron chi connectivity index (χ4n) is 1.39. The predicted molar refractivity (Wildman–Crippen MR) is 51.8 cm³/mol. The summed E-state index contributed by atoms with van der Waals surface area (Å²) in [5.74, 6) is 0. The molecule has 1 saturated heterocycles. The molecule has 1 heterocycles. The fraction of sp³-hybridized carbons (Fsp3) is 0.700. The van der Waals surface area contributed by atoms with Gasteiger partial charge < -0.3 is 4.90 Å². The van der Waals surface area contributed by atoms with Crippen molar-refractivity contribution in [1.82, 2.24) is 4.90 Å². The Balaban J connectivity index is 0.000000561. The number of nitrogens with zero attached hydrogens (tertiary/aromatic N) is 2. The largest absolute Gasteiger partial charge is 0.306 e. The summed E-state index contributed by atoms with van der Waals surface area (Å²) in [4.78, 5) is 2.40. The first-order chi connectivity index (χ1) is 5.70. The molecule has 0 amide bonds. The van der Waals surface area contributed by atoms with E-state index in [-0.39, 0.29) is 0 Å². The van der Waals surface area contributed by atoms with E-state index in [1.165, 1.54) is 31.5 Å². The normalized spacial score (nSPS) is 17.9. The van der Waals surface area contributed by atoms with Gasteiger partial charge in [-0.1, -0.05) is 11.1 Å². The Morgan fingerprint density at radius 2 is 1.67 bits per heavy atom. The Hall–Kier alpha value is -0.810. The van der Waals surface area contributed by atoms with Crippen molar-refractivity contribution in [3.8, 4) is 6.57 Å². The molecule has 0 atom stereocenters. The quantitative estimate of drug-likeness (QED) is 0.516. The van der Waals surface area contributed by atoms with Gasteiger partial charge in [0.25, 0.3) is 0 Å². The van der Waals surface area contributed by atoms with Crippen LogP contribution in [0.2, 0.25) is 0 Å². The highest BCUT2D eigenvalue weighted by Crippen LogP contribution is 2.17. The van der Waals surface area contributed by atoms with Crippen LogP contribution in [-0.4, -0.2) is 25.0 Å². The molecule has 1 aliphatic heterocycles. The van der Waals surface area contributed by atoms with E-state index in [0.717, 1.165) is 0 Å². The third-order valence-corrected chi connectivity index (χ3v) is 2.30. The number of nitriles is 1. The van der Waals surface area contributed by atoms with Gasteiger partial charge in [-0.15, -0.1) is 0 Å². The highest BCUT2D eigenvalue weighted by atomic mass is 15.1. The highest BCUT2D eigenvalue weighted by Gasteiger charge is 2.09. The Morgan fingerprint density at radius 1 is 1.25 bits per heavy atom. The van der Waals surface area contributed by atoms with Gasteiger partial charge in [0.05, 0.1) is 0 Å². The predicted octanol–water partition coefficient (Wildman–Crippen LogP) is 2.19. The zero-order valence-corrected chi connectivity index (χ0v) is 8.30. The van der Waals surface area contributed by atoms with Gasteiger partial charge in [-0.25, -0.2) is 5.26 Å². The molecular formula is C10H18N2. The van der Waals surface area contributed by atoms with Gasteiger partial charge in [-0.2, -0.15) is 0 Å². The van der Waals surface area contributed by atoms with E-state index in [0.29, 0.717) is 0 Å². The Kier molecular flexibility index (Phi) is 5.40. The van der Waals surface area contributed by atoms with Crippen molar-refractivity contribution < 1.29 is 0 Å². The highest BCUT2D eigenvalue weighted by molar-refractivity contribution is 5.12. The molecule has 1 aliphatic rings. The molecular weight excluding hydrogens is 148 g/mol. The summed E-state index contributed by atoms with van der Waals surface area (Å²) in [6, 6.07) is 0. The second kappa shape index (κ2) is 5.79. The lowest BCUT2D eigenvalue weighted by molar-refractivity contribution is 0.311. The molecule has 12 heavy (non-hydrogen) atoms. The maximum absolute atomic E-state index is 6.50. The zero-order valence-electron chi connectivity index (χ0n) is 8.30. The van der Waals surface area contributed by atoms with Crippen molar-refractivity contribution >= 4 is 0 Å². The minimum Gasteiger partial charge on any atom is -0.306 e. The van der Waals surface area contributed by atoms with E-state index in [1.54, 1.807) is 5.57 Å². The van der Waals surface area contributed by atoms with Crippen LogP contribution < -0.4 is 0 Å². The molecule has 0 aliphatic carbocycles. The number of rotatable bonds is 0. The minimum atomic E-state index is 1.25. The van der Waals surface area contributed by atoms with E-state index in [4.69, 9.17) is 5.26 Å². The second-order valence-corrected chi connectivity index (χ2v) is 3.41. The minimum absolute atomic E-state index is 1.25. The molecule has 0 aromatic rings. The standard InChI is InChI=1S/C9H17N.CHN/c1-8(2)9-4-6-10(3)7-5-9;1-2/h4-7H2,1-3H3;1H. The van der Waals surface area contributed by atoms with Gasteiger partial charge in [0.15, 0.2) is 0 Å². The second-order valence-electron chi connectivity index (χ2n) is 3.41. The summed E-state index contributed by atoms with van der Waals surface area (Å²) in [5.41, 5.74) is 3.21. The fourth-order valence-corrected chi connectivity index (χ4v) is 1.39. The first kappa shape index (κ1) is 11.2. The molecule has 0 aromatic carbocycles. The van der Waals surface area contributed by atoms with Gasteiger partial charge in [-0.05, 0) is 33.7 Å². The lowest BCUT2D eigenvalue weighted by Gasteiger charge is -2.24. The first-order valence-corrected chi connectivity index (χ1v) is 4.29. The molecule has 2 nitrogen and oxygen atoms in total. The van der Waals surface area contributed by atoms with Crippen molar-refractivity contribution in [2.45, 2.75) is 26.7 Å². The summed E-state index contributed by atoms with van der Waals surface area (Å²) in [5, 5.41) is 6.50. The molecule has 68 valence electrons. The maximum atomic E-state index is 6.50. The van der Waals surface area contributed by atoms with Gasteiger partial charge in [0, 0.05) is 19.7 Å². The maximum Gasteiger partial charge on any atom is 0.0462 e. The molecule has 1 fully saturated rings. The van der Waals surface area contributed by atoms with E-state index < -0.39 is 0 Å². The molecule has 0 N–H and O–H groups in total. The monoisotopic (exact) mass is 166 g/mol. The van der Waals surface area contributed by atoms with Crippen molar-refractivity contribution in [2.75, 3.05) is 20.1 Å². The molecule has 1 rings (SSSR count). The lowest BCUT2D eigenvalue weighted by Crippen LogP contribution is -2.26. The number of hydrogen-bond donors (Lipinski definition) is 0.